The molecule has 1 aromatic heterocycles. The van der Waals surface area contributed by atoms with Crippen molar-refractivity contribution in [1.82, 2.24) is 9.94 Å². The van der Waals surface area contributed by atoms with Crippen LogP contribution in [0.5, 0.6) is 11.6 Å². The number of nitro benzene ring substituents is 1. The summed E-state index contributed by atoms with van der Waals surface area (Å²) in [5, 5.41) is 23.7. The van der Waals surface area contributed by atoms with E-state index in [0.717, 1.165) is 0 Å². The van der Waals surface area contributed by atoms with Gasteiger partial charge in [-0.3, -0.25) is 10.1 Å². The van der Waals surface area contributed by atoms with Gasteiger partial charge in [0.25, 0.3) is 5.69 Å². The van der Waals surface area contributed by atoms with Crippen molar-refractivity contribution in [3.8, 4) is 11.6 Å². The zero-order chi connectivity index (χ0) is 14.5. The first-order chi connectivity index (χ1) is 9.61. The fourth-order valence-corrected chi connectivity index (χ4v) is 1.68. The molecule has 0 radical (unpaired) electrons. The van der Waals surface area contributed by atoms with Crippen LogP contribution in [-0.2, 0) is 6.61 Å². The molecule has 0 amide bonds. The summed E-state index contributed by atoms with van der Waals surface area (Å²) in [5.41, 5.74) is 0.242. The Hall–Kier alpha value is -2.77. The van der Waals surface area contributed by atoms with Gasteiger partial charge in [-0.1, -0.05) is 11.2 Å². The smallest absolute Gasteiger partial charge is 0.279 e. The van der Waals surface area contributed by atoms with Crippen LogP contribution in [0.25, 0.3) is 0 Å². The molecule has 1 aromatic carbocycles. The first-order valence-corrected chi connectivity index (χ1v) is 5.88. The maximum absolute atomic E-state index is 11.0. The van der Waals surface area contributed by atoms with E-state index in [1.54, 1.807) is 19.1 Å². The molecule has 8 heteroatoms. The zero-order valence-corrected chi connectivity index (χ0v) is 10.7. The molecule has 1 N–H and O–H groups in total. The molecule has 0 fully saturated rings. The summed E-state index contributed by atoms with van der Waals surface area (Å²) in [5.74, 6) is 0.554. The molecule has 0 bridgehead atoms. The van der Waals surface area contributed by atoms with Gasteiger partial charge < -0.3 is 14.7 Å². The Morgan fingerprint density at radius 2 is 2.20 bits per heavy atom. The Morgan fingerprint density at radius 1 is 1.40 bits per heavy atom. The van der Waals surface area contributed by atoms with Crippen molar-refractivity contribution in [2.24, 2.45) is 0 Å². The van der Waals surface area contributed by atoms with Crippen molar-refractivity contribution in [2.45, 2.75) is 13.5 Å². The Bertz CT molecular complexity index is 611. The molecule has 0 aliphatic rings. The number of benzene rings is 1. The molecular weight excluding hydrogens is 266 g/mol. The predicted octanol–water partition coefficient (Wildman–Crippen LogP) is 2.01. The Kier molecular flexibility index (Phi) is 4.04. The molecule has 0 unspecified atom stereocenters. The second-order valence-electron chi connectivity index (χ2n) is 3.81. The fourth-order valence-electron chi connectivity index (χ4n) is 1.68. The summed E-state index contributed by atoms with van der Waals surface area (Å²) >= 11 is 0. The molecule has 0 spiro atoms. The number of hydrogen-bond donors (Lipinski definition) is 1. The van der Waals surface area contributed by atoms with Crippen LogP contribution in [0.1, 0.15) is 12.5 Å². The lowest BCUT2D eigenvalue weighted by Gasteiger charge is -2.10. The second kappa shape index (κ2) is 5.91. The highest BCUT2D eigenvalue weighted by Crippen LogP contribution is 2.29. The lowest BCUT2D eigenvalue weighted by atomic mass is 10.1. The number of aromatic nitrogens is 2. The van der Waals surface area contributed by atoms with Crippen LogP contribution in [-0.4, -0.2) is 26.7 Å². The van der Waals surface area contributed by atoms with Crippen LogP contribution >= 0.6 is 0 Å². The summed E-state index contributed by atoms with van der Waals surface area (Å²) in [6.45, 7) is 2.10. The van der Waals surface area contributed by atoms with E-state index in [9.17, 15) is 10.1 Å². The molecule has 0 aliphatic carbocycles. The zero-order valence-electron chi connectivity index (χ0n) is 10.7. The number of rotatable bonds is 6. The molecule has 20 heavy (non-hydrogen) atoms. The molecule has 1 heterocycles. The molecule has 0 atom stereocenters. The average Bonchev–Trinajstić information content (AvgIpc) is 2.83. The topological polar surface area (TPSA) is 99.7 Å². The summed E-state index contributed by atoms with van der Waals surface area (Å²) in [7, 11) is 0. The Morgan fingerprint density at radius 3 is 2.80 bits per heavy atom. The fraction of sp³-hybridized carbons (Fsp3) is 0.250. The van der Waals surface area contributed by atoms with E-state index in [2.05, 4.69) is 5.10 Å². The third kappa shape index (κ3) is 2.97. The molecule has 2 rings (SSSR count). The predicted molar refractivity (Wildman–Crippen MR) is 68.0 cm³/mol. The van der Waals surface area contributed by atoms with Gasteiger partial charge in [0.05, 0.1) is 17.7 Å². The van der Waals surface area contributed by atoms with E-state index >= 15 is 0 Å². The maximum Gasteiger partial charge on any atom is 0.279 e. The standard InChI is InChI=1S/C12H13N3O5/c1-2-19-11-5-3-4-10(15(17)18)9(11)8-20-12-6-7-14(16)13-12/h3-7,16H,2,8H2,1H3. The number of ether oxygens (including phenoxy) is 2. The highest BCUT2D eigenvalue weighted by molar-refractivity contribution is 5.49. The van der Waals surface area contributed by atoms with Gasteiger partial charge in [-0.25, -0.2) is 0 Å². The molecule has 0 saturated heterocycles. The van der Waals surface area contributed by atoms with E-state index in [1.807, 2.05) is 0 Å². The van der Waals surface area contributed by atoms with Gasteiger partial charge in [-0.2, -0.15) is 0 Å². The third-order valence-electron chi connectivity index (χ3n) is 2.52. The van der Waals surface area contributed by atoms with Crippen molar-refractivity contribution < 1.29 is 19.6 Å². The van der Waals surface area contributed by atoms with Gasteiger partial charge in [0.1, 0.15) is 17.9 Å². The quantitative estimate of drug-likeness (QED) is 0.493. The van der Waals surface area contributed by atoms with Gasteiger partial charge in [0.15, 0.2) is 0 Å². The number of nitro groups is 1. The van der Waals surface area contributed by atoms with Crippen LogP contribution in [0, 0.1) is 10.1 Å². The monoisotopic (exact) mass is 279 g/mol. The first kappa shape index (κ1) is 13.7. The highest BCUT2D eigenvalue weighted by Gasteiger charge is 2.19. The third-order valence-corrected chi connectivity index (χ3v) is 2.52. The largest absolute Gasteiger partial charge is 0.493 e. The van der Waals surface area contributed by atoms with E-state index in [1.165, 1.54) is 18.3 Å². The first-order valence-electron chi connectivity index (χ1n) is 5.88. The van der Waals surface area contributed by atoms with Gasteiger partial charge in [0.2, 0.25) is 5.88 Å². The second-order valence-corrected chi connectivity index (χ2v) is 3.81. The SMILES string of the molecule is CCOc1cccc([N+](=O)[O-])c1COc1ccn(O)n1. The molecule has 106 valence electrons. The summed E-state index contributed by atoms with van der Waals surface area (Å²) in [6.07, 6.45) is 1.29. The Labute approximate surface area is 114 Å². The highest BCUT2D eigenvalue weighted by atomic mass is 16.6. The van der Waals surface area contributed by atoms with Crippen molar-refractivity contribution in [2.75, 3.05) is 6.61 Å². The van der Waals surface area contributed by atoms with Gasteiger partial charge >= 0.3 is 0 Å². The van der Waals surface area contributed by atoms with Gasteiger partial charge in [-0.15, -0.1) is 4.85 Å². The minimum atomic E-state index is -0.494. The average molecular weight is 279 g/mol. The number of hydrogen-bond acceptors (Lipinski definition) is 6. The minimum Gasteiger partial charge on any atom is -0.493 e. The Balaban J connectivity index is 2.25. The van der Waals surface area contributed by atoms with Gasteiger partial charge in [0, 0.05) is 12.1 Å². The molecule has 0 saturated carbocycles. The van der Waals surface area contributed by atoms with Crippen LogP contribution in [0.15, 0.2) is 30.5 Å². The maximum atomic E-state index is 11.0. The van der Waals surface area contributed by atoms with Crippen molar-refractivity contribution in [1.29, 1.82) is 0 Å². The molecule has 2 aromatic rings. The lowest BCUT2D eigenvalue weighted by molar-refractivity contribution is -0.385. The van der Waals surface area contributed by atoms with Crippen molar-refractivity contribution in [3.63, 3.8) is 0 Å². The van der Waals surface area contributed by atoms with Gasteiger partial charge in [-0.05, 0) is 13.0 Å². The van der Waals surface area contributed by atoms with Crippen LogP contribution in [0.2, 0.25) is 0 Å². The van der Waals surface area contributed by atoms with E-state index in [4.69, 9.17) is 14.7 Å². The normalized spacial score (nSPS) is 10.2. The lowest BCUT2D eigenvalue weighted by Crippen LogP contribution is -2.05. The molecular formula is C12H13N3O5. The minimum absolute atomic E-state index is 0.0799. The van der Waals surface area contributed by atoms with Crippen molar-refractivity contribution >= 4 is 5.69 Å². The molecule has 8 nitrogen and oxygen atoms in total. The van der Waals surface area contributed by atoms with Crippen LogP contribution in [0.4, 0.5) is 5.69 Å². The summed E-state index contributed by atoms with van der Waals surface area (Å²) < 4.78 is 10.7. The van der Waals surface area contributed by atoms with Crippen LogP contribution in [0.3, 0.4) is 0 Å². The van der Waals surface area contributed by atoms with E-state index in [-0.39, 0.29) is 18.2 Å². The summed E-state index contributed by atoms with van der Waals surface area (Å²) in [6, 6.07) is 6.01. The summed E-state index contributed by atoms with van der Waals surface area (Å²) in [4.78, 5) is 11.1. The van der Waals surface area contributed by atoms with E-state index in [0.29, 0.717) is 22.8 Å². The van der Waals surface area contributed by atoms with Crippen molar-refractivity contribution in [3.05, 3.63) is 46.1 Å². The molecule has 0 aliphatic heterocycles. The van der Waals surface area contributed by atoms with E-state index < -0.39 is 4.92 Å². The number of nitrogens with zero attached hydrogens (tertiary/aromatic N) is 3. The van der Waals surface area contributed by atoms with Crippen LogP contribution < -0.4 is 9.47 Å².